The first-order valence-corrected chi connectivity index (χ1v) is 12.9. The van der Waals surface area contributed by atoms with Gasteiger partial charge in [-0.05, 0) is 31.0 Å². The Bertz CT molecular complexity index is 1320. The number of methoxy groups -OCH3 is 1. The molecular weight excluding hydrogens is 479 g/mol. The summed E-state index contributed by atoms with van der Waals surface area (Å²) in [5.74, 6) is -0.376. The van der Waals surface area contributed by atoms with Crippen molar-refractivity contribution in [2.45, 2.75) is 39.3 Å². The summed E-state index contributed by atoms with van der Waals surface area (Å²) in [5.41, 5.74) is 0.426. The van der Waals surface area contributed by atoms with Crippen LogP contribution in [0.15, 0.2) is 23.1 Å². The minimum absolute atomic E-state index is 0.154. The molecule has 1 aromatic carbocycles. The second-order valence-electron chi connectivity index (χ2n) is 11.7. The third-order valence-corrected chi connectivity index (χ3v) is 8.29. The van der Waals surface area contributed by atoms with E-state index >= 15 is 4.39 Å². The van der Waals surface area contributed by atoms with E-state index in [0.29, 0.717) is 35.7 Å². The number of carbonyl (C=O) groups excluding carboxylic acids is 1. The Morgan fingerprint density at radius 1 is 1.19 bits per heavy atom. The van der Waals surface area contributed by atoms with Crippen LogP contribution in [0, 0.1) is 16.6 Å². The number of likely N-dealkylation sites (tertiary alicyclic amines) is 1. The smallest absolute Gasteiger partial charge is 0.228 e. The number of halogens is 1. The zero-order chi connectivity index (χ0) is 26.1. The van der Waals surface area contributed by atoms with Crippen molar-refractivity contribution in [3.63, 3.8) is 0 Å². The minimum Gasteiger partial charge on any atom is -0.493 e. The monoisotopic (exact) mass is 512 g/mol. The van der Waals surface area contributed by atoms with Gasteiger partial charge < -0.3 is 28.4 Å². The van der Waals surface area contributed by atoms with Crippen molar-refractivity contribution in [1.82, 2.24) is 9.47 Å². The number of carbonyl (C=O) groups is 1. The molecule has 0 saturated carbocycles. The quantitative estimate of drug-likeness (QED) is 0.414. The molecule has 4 aliphatic rings. The van der Waals surface area contributed by atoms with Crippen LogP contribution < -0.4 is 14.9 Å². The highest BCUT2D eigenvalue weighted by molar-refractivity contribution is 5.94. The Balaban J connectivity index is 1.32. The molecule has 4 aliphatic heterocycles. The van der Waals surface area contributed by atoms with Gasteiger partial charge in [-0.3, -0.25) is 9.59 Å². The van der Waals surface area contributed by atoms with Crippen molar-refractivity contribution in [2.75, 3.05) is 53.2 Å². The predicted molar refractivity (Wildman–Crippen MR) is 134 cm³/mol. The van der Waals surface area contributed by atoms with Crippen molar-refractivity contribution in [1.29, 1.82) is 0 Å². The maximum absolute atomic E-state index is 15.7. The molecule has 6 rings (SSSR count). The number of ether oxygens (including phenoxy) is 4. The second kappa shape index (κ2) is 8.64. The lowest BCUT2D eigenvalue weighted by atomic mass is 9.78. The number of ketones is 1. The Morgan fingerprint density at radius 2 is 1.95 bits per heavy atom. The van der Waals surface area contributed by atoms with E-state index in [0.717, 1.165) is 44.8 Å². The van der Waals surface area contributed by atoms with Gasteiger partial charge >= 0.3 is 0 Å². The lowest BCUT2D eigenvalue weighted by Gasteiger charge is -2.55. The van der Waals surface area contributed by atoms with E-state index < -0.39 is 17.0 Å². The van der Waals surface area contributed by atoms with E-state index in [1.54, 1.807) is 10.6 Å². The van der Waals surface area contributed by atoms with Crippen LogP contribution in [0.2, 0.25) is 0 Å². The van der Waals surface area contributed by atoms with Gasteiger partial charge in [0.05, 0.1) is 50.8 Å². The molecule has 3 saturated heterocycles. The number of hydrogen-bond acceptors (Lipinski definition) is 7. The van der Waals surface area contributed by atoms with Gasteiger partial charge in [0.2, 0.25) is 5.43 Å². The highest BCUT2D eigenvalue weighted by Gasteiger charge is 2.50. The summed E-state index contributed by atoms with van der Waals surface area (Å²) in [6.07, 6.45) is 1.98. The van der Waals surface area contributed by atoms with Crippen LogP contribution >= 0.6 is 0 Å². The number of fused-ring (bicyclic) bond motifs is 6. The van der Waals surface area contributed by atoms with Crippen LogP contribution in [0.3, 0.4) is 0 Å². The van der Waals surface area contributed by atoms with Crippen molar-refractivity contribution in [3.05, 3.63) is 45.5 Å². The molecule has 198 valence electrons. The number of Topliss-reactive ketones (excluding diaryl/α,β-unsaturated/α-hetero) is 1. The van der Waals surface area contributed by atoms with E-state index in [9.17, 15) is 9.59 Å². The van der Waals surface area contributed by atoms with Crippen molar-refractivity contribution in [2.24, 2.45) is 10.8 Å². The van der Waals surface area contributed by atoms with E-state index in [-0.39, 0.29) is 28.8 Å². The van der Waals surface area contributed by atoms with Crippen molar-refractivity contribution in [3.8, 4) is 22.8 Å². The SMILES string of the molecule is COc1cc2c(cc1OCCCN1CC3(COC3)C1)[C@H]1OCC(C)(C)[C@H]1n1cc(C(C)=O)c(=O)c(F)c1-2. The van der Waals surface area contributed by atoms with Gasteiger partial charge in [-0.2, -0.15) is 0 Å². The van der Waals surface area contributed by atoms with E-state index in [1.807, 2.05) is 19.9 Å². The average molecular weight is 513 g/mol. The Morgan fingerprint density at radius 3 is 2.59 bits per heavy atom. The molecule has 0 bridgehead atoms. The number of benzene rings is 1. The van der Waals surface area contributed by atoms with Crippen molar-refractivity contribution < 1.29 is 28.1 Å². The third-order valence-electron chi connectivity index (χ3n) is 8.29. The molecule has 1 spiro atoms. The number of aromatic nitrogens is 1. The highest BCUT2D eigenvalue weighted by atomic mass is 19.1. The molecule has 0 unspecified atom stereocenters. The Kier molecular flexibility index (Phi) is 5.74. The lowest BCUT2D eigenvalue weighted by Crippen LogP contribution is -2.65. The van der Waals surface area contributed by atoms with Crippen molar-refractivity contribution >= 4 is 5.78 Å². The number of hydrogen-bond donors (Lipinski definition) is 0. The van der Waals surface area contributed by atoms with Gasteiger partial charge in [-0.1, -0.05) is 13.8 Å². The lowest BCUT2D eigenvalue weighted by molar-refractivity contribution is -0.189. The average Bonchev–Trinajstić information content (AvgIpc) is 3.13. The van der Waals surface area contributed by atoms with E-state index in [2.05, 4.69) is 4.90 Å². The molecule has 0 aliphatic carbocycles. The zero-order valence-corrected chi connectivity index (χ0v) is 21.8. The van der Waals surface area contributed by atoms with Crippen LogP contribution in [0.25, 0.3) is 11.3 Å². The molecule has 0 radical (unpaired) electrons. The largest absolute Gasteiger partial charge is 0.493 e. The maximum Gasteiger partial charge on any atom is 0.228 e. The zero-order valence-electron chi connectivity index (χ0n) is 21.8. The fraction of sp³-hybridized carbons (Fsp3) is 0.571. The van der Waals surface area contributed by atoms with Gasteiger partial charge in [0.1, 0.15) is 6.10 Å². The number of nitrogens with zero attached hydrogens (tertiary/aromatic N) is 2. The summed E-state index contributed by atoms with van der Waals surface area (Å²) >= 11 is 0. The molecule has 37 heavy (non-hydrogen) atoms. The van der Waals surface area contributed by atoms with Gasteiger partial charge in [-0.15, -0.1) is 0 Å². The molecule has 2 atom stereocenters. The van der Waals surface area contributed by atoms with Gasteiger partial charge in [0.15, 0.2) is 23.1 Å². The molecule has 8 nitrogen and oxygen atoms in total. The third kappa shape index (κ3) is 3.82. The molecule has 0 amide bonds. The van der Waals surface area contributed by atoms with E-state index in [1.165, 1.54) is 20.2 Å². The first-order chi connectivity index (χ1) is 17.6. The molecule has 2 aromatic rings. The van der Waals surface area contributed by atoms with E-state index in [4.69, 9.17) is 18.9 Å². The Labute approximate surface area is 215 Å². The maximum atomic E-state index is 15.7. The Hall–Kier alpha value is -2.75. The summed E-state index contributed by atoms with van der Waals surface area (Å²) in [5, 5.41) is 0. The number of rotatable bonds is 7. The van der Waals surface area contributed by atoms with Crippen LogP contribution in [0.1, 0.15) is 55.3 Å². The van der Waals surface area contributed by atoms with Crippen LogP contribution in [0.5, 0.6) is 11.5 Å². The fourth-order valence-electron chi connectivity index (χ4n) is 6.39. The second-order valence-corrected chi connectivity index (χ2v) is 11.7. The summed E-state index contributed by atoms with van der Waals surface area (Å²) in [6, 6.07) is 3.29. The summed E-state index contributed by atoms with van der Waals surface area (Å²) in [7, 11) is 1.54. The molecule has 1 aromatic heterocycles. The van der Waals surface area contributed by atoms with Crippen LogP contribution in [0.4, 0.5) is 4.39 Å². The summed E-state index contributed by atoms with van der Waals surface area (Å²) in [4.78, 5) is 27.3. The molecule has 3 fully saturated rings. The summed E-state index contributed by atoms with van der Waals surface area (Å²) < 4.78 is 40.8. The molecule has 0 N–H and O–H groups in total. The topological polar surface area (TPSA) is 79.2 Å². The summed E-state index contributed by atoms with van der Waals surface area (Å²) in [6.45, 7) is 11.2. The fourth-order valence-corrected chi connectivity index (χ4v) is 6.39. The normalized spacial score (nSPS) is 24.5. The standard InChI is InChI=1S/C28H33FN2O6/c1-16(32)19-10-31-23(22(29)24(19)33)17-8-20(34-4)21(9-18(17)25-26(31)27(2,3)13-37-25)36-7-5-6-30-11-28(12-30)14-35-15-28/h8-10,25-26H,5-7,11-15H2,1-4H3/t25-,26+/m1/s1. The molecule has 5 heterocycles. The first kappa shape index (κ1) is 24.6. The van der Waals surface area contributed by atoms with Crippen LogP contribution in [-0.4, -0.2) is 68.4 Å². The first-order valence-electron chi connectivity index (χ1n) is 12.9. The number of pyridine rings is 1. The minimum atomic E-state index is -0.935. The van der Waals surface area contributed by atoms with Gasteiger partial charge in [0, 0.05) is 42.2 Å². The van der Waals surface area contributed by atoms with Gasteiger partial charge in [-0.25, -0.2) is 4.39 Å². The van der Waals surface area contributed by atoms with Crippen LogP contribution in [-0.2, 0) is 9.47 Å². The molecular formula is C28H33FN2O6. The van der Waals surface area contributed by atoms with Gasteiger partial charge in [0.25, 0.3) is 0 Å². The highest BCUT2D eigenvalue weighted by Crippen LogP contribution is 2.56. The predicted octanol–water partition coefficient (Wildman–Crippen LogP) is 3.62. The molecule has 9 heteroatoms.